The molecule has 0 radical (unpaired) electrons. The van der Waals surface area contributed by atoms with Gasteiger partial charge in [0.05, 0.1) is 24.7 Å². The molecule has 1 aliphatic heterocycles. The Balaban J connectivity index is 0.00000103. The molecular formula is C13H24IN3O2. The third-order valence-corrected chi connectivity index (χ3v) is 2.69. The van der Waals surface area contributed by atoms with Gasteiger partial charge < -0.3 is 9.84 Å². The van der Waals surface area contributed by atoms with Gasteiger partial charge in [0.1, 0.15) is 6.10 Å². The van der Waals surface area contributed by atoms with Gasteiger partial charge in [-0.05, 0) is 13.3 Å². The Bertz CT molecular complexity index is 335. The lowest BCUT2D eigenvalue weighted by Gasteiger charge is -2.14. The SMILES string of the molecule is CC.Cc1cnc(OC2CCN(CCO)C2)cn1.I. The van der Waals surface area contributed by atoms with Crippen LogP contribution < -0.4 is 4.74 Å². The number of aliphatic hydroxyl groups excluding tert-OH is 1. The van der Waals surface area contributed by atoms with Crippen LogP contribution in [0.1, 0.15) is 26.0 Å². The highest BCUT2D eigenvalue weighted by atomic mass is 127. The fourth-order valence-corrected chi connectivity index (χ4v) is 1.85. The lowest BCUT2D eigenvalue weighted by atomic mass is 10.3. The van der Waals surface area contributed by atoms with Crippen LogP contribution in [0.5, 0.6) is 5.88 Å². The molecule has 1 aromatic rings. The summed E-state index contributed by atoms with van der Waals surface area (Å²) in [6.45, 7) is 8.66. The summed E-state index contributed by atoms with van der Waals surface area (Å²) in [5.41, 5.74) is 0.890. The molecule has 2 rings (SSSR count). The number of rotatable bonds is 4. The first-order valence-electron chi connectivity index (χ1n) is 6.56. The summed E-state index contributed by atoms with van der Waals surface area (Å²) in [7, 11) is 0. The van der Waals surface area contributed by atoms with E-state index in [1.165, 1.54) is 0 Å². The zero-order chi connectivity index (χ0) is 13.4. The Morgan fingerprint density at radius 1 is 1.37 bits per heavy atom. The zero-order valence-electron chi connectivity index (χ0n) is 11.9. The molecule has 0 spiro atoms. The Labute approximate surface area is 132 Å². The van der Waals surface area contributed by atoms with E-state index in [4.69, 9.17) is 9.84 Å². The van der Waals surface area contributed by atoms with E-state index < -0.39 is 0 Å². The number of hydrogen-bond donors (Lipinski definition) is 1. The van der Waals surface area contributed by atoms with Crippen molar-refractivity contribution in [1.82, 2.24) is 14.9 Å². The number of aryl methyl sites for hydroxylation is 1. The predicted octanol–water partition coefficient (Wildman–Crippen LogP) is 1.87. The number of aromatic nitrogens is 2. The largest absolute Gasteiger partial charge is 0.472 e. The second kappa shape index (κ2) is 10.3. The third kappa shape index (κ3) is 6.49. The highest BCUT2D eigenvalue weighted by Gasteiger charge is 2.23. The van der Waals surface area contributed by atoms with Gasteiger partial charge in [0, 0.05) is 19.6 Å². The Kier molecular flexibility index (Phi) is 10.1. The maximum absolute atomic E-state index is 8.83. The molecule has 0 amide bonds. The third-order valence-electron chi connectivity index (χ3n) is 2.69. The lowest BCUT2D eigenvalue weighted by Crippen LogP contribution is -2.27. The average Bonchev–Trinajstić information content (AvgIpc) is 2.83. The number of likely N-dealkylation sites (tertiary alicyclic amines) is 1. The smallest absolute Gasteiger partial charge is 0.232 e. The summed E-state index contributed by atoms with van der Waals surface area (Å²) in [4.78, 5) is 10.5. The van der Waals surface area contributed by atoms with Crippen LogP contribution in [-0.4, -0.2) is 52.3 Å². The molecule has 1 unspecified atom stereocenters. The van der Waals surface area contributed by atoms with Crippen LogP contribution in [0.4, 0.5) is 0 Å². The molecule has 110 valence electrons. The van der Waals surface area contributed by atoms with E-state index in [0.29, 0.717) is 5.88 Å². The van der Waals surface area contributed by atoms with E-state index in [0.717, 1.165) is 31.7 Å². The van der Waals surface area contributed by atoms with Gasteiger partial charge in [-0.3, -0.25) is 9.88 Å². The fraction of sp³-hybridized carbons (Fsp3) is 0.692. The molecule has 1 fully saturated rings. The van der Waals surface area contributed by atoms with Crippen molar-refractivity contribution in [3.63, 3.8) is 0 Å². The zero-order valence-corrected chi connectivity index (χ0v) is 14.2. The van der Waals surface area contributed by atoms with E-state index in [2.05, 4.69) is 14.9 Å². The second-order valence-electron chi connectivity index (χ2n) is 4.05. The van der Waals surface area contributed by atoms with Crippen molar-refractivity contribution >= 4 is 24.0 Å². The van der Waals surface area contributed by atoms with Crippen LogP contribution in [-0.2, 0) is 0 Å². The van der Waals surface area contributed by atoms with E-state index in [9.17, 15) is 0 Å². The summed E-state index contributed by atoms with van der Waals surface area (Å²) in [5, 5.41) is 8.83. The number of halogens is 1. The summed E-state index contributed by atoms with van der Waals surface area (Å²) in [6, 6.07) is 0. The van der Waals surface area contributed by atoms with Crippen LogP contribution in [0.15, 0.2) is 12.4 Å². The van der Waals surface area contributed by atoms with Crippen molar-refractivity contribution in [2.75, 3.05) is 26.2 Å². The number of β-amino-alcohol motifs (C(OH)–C–C–N with tert-alkyl or cyclic N) is 1. The monoisotopic (exact) mass is 381 g/mol. The predicted molar refractivity (Wildman–Crippen MR) is 86.1 cm³/mol. The standard InChI is InChI=1S/C11H17N3O2.C2H6.HI/c1-9-6-13-11(7-12-9)16-10-2-3-14(8-10)4-5-15;1-2;/h6-7,10,15H,2-5,8H2,1H3;1-2H3;1H. The molecule has 2 heterocycles. The first-order valence-corrected chi connectivity index (χ1v) is 6.56. The van der Waals surface area contributed by atoms with Crippen LogP contribution >= 0.6 is 24.0 Å². The van der Waals surface area contributed by atoms with Gasteiger partial charge in [0.15, 0.2) is 0 Å². The summed E-state index contributed by atoms with van der Waals surface area (Å²) >= 11 is 0. The van der Waals surface area contributed by atoms with E-state index in [1.54, 1.807) is 12.4 Å². The van der Waals surface area contributed by atoms with Gasteiger partial charge in [-0.25, -0.2) is 4.98 Å². The summed E-state index contributed by atoms with van der Waals surface area (Å²) in [6.07, 6.45) is 4.51. The topological polar surface area (TPSA) is 58.5 Å². The molecule has 1 saturated heterocycles. The lowest BCUT2D eigenvalue weighted by molar-refractivity contribution is 0.176. The molecule has 1 N–H and O–H groups in total. The number of nitrogens with zero attached hydrogens (tertiary/aromatic N) is 3. The van der Waals surface area contributed by atoms with Gasteiger partial charge in [-0.2, -0.15) is 0 Å². The molecule has 6 heteroatoms. The molecule has 0 aromatic carbocycles. The van der Waals surface area contributed by atoms with E-state index in [1.807, 2.05) is 20.8 Å². The quantitative estimate of drug-likeness (QED) is 0.808. The van der Waals surface area contributed by atoms with Crippen LogP contribution in [0, 0.1) is 6.92 Å². The van der Waals surface area contributed by atoms with Crippen molar-refractivity contribution in [2.45, 2.75) is 33.3 Å². The van der Waals surface area contributed by atoms with Crippen molar-refractivity contribution in [3.8, 4) is 5.88 Å². The molecule has 0 saturated carbocycles. The van der Waals surface area contributed by atoms with Gasteiger partial charge in [0.25, 0.3) is 0 Å². The molecule has 0 bridgehead atoms. The maximum Gasteiger partial charge on any atom is 0.232 e. The number of hydrogen-bond acceptors (Lipinski definition) is 5. The van der Waals surface area contributed by atoms with Gasteiger partial charge >= 0.3 is 0 Å². The van der Waals surface area contributed by atoms with Crippen LogP contribution in [0.3, 0.4) is 0 Å². The Hall–Kier alpha value is -0.470. The average molecular weight is 381 g/mol. The molecule has 0 aliphatic carbocycles. The normalized spacial score (nSPS) is 18.2. The first kappa shape index (κ1) is 18.5. The minimum atomic E-state index is 0. The summed E-state index contributed by atoms with van der Waals surface area (Å²) < 4.78 is 5.71. The molecule has 1 aliphatic rings. The highest BCUT2D eigenvalue weighted by molar-refractivity contribution is 14.0. The minimum absolute atomic E-state index is 0. The van der Waals surface area contributed by atoms with E-state index >= 15 is 0 Å². The second-order valence-corrected chi connectivity index (χ2v) is 4.05. The maximum atomic E-state index is 8.83. The van der Waals surface area contributed by atoms with Gasteiger partial charge in [-0.1, -0.05) is 13.8 Å². The number of ether oxygens (including phenoxy) is 1. The van der Waals surface area contributed by atoms with Crippen LogP contribution in [0.2, 0.25) is 0 Å². The summed E-state index contributed by atoms with van der Waals surface area (Å²) in [5.74, 6) is 0.585. The molecule has 5 nitrogen and oxygen atoms in total. The van der Waals surface area contributed by atoms with Crippen molar-refractivity contribution in [2.24, 2.45) is 0 Å². The molecule has 19 heavy (non-hydrogen) atoms. The van der Waals surface area contributed by atoms with Crippen LogP contribution in [0.25, 0.3) is 0 Å². The molecular weight excluding hydrogens is 357 g/mol. The van der Waals surface area contributed by atoms with Gasteiger partial charge in [-0.15, -0.1) is 24.0 Å². The molecule has 1 atom stereocenters. The van der Waals surface area contributed by atoms with Gasteiger partial charge in [0.2, 0.25) is 5.88 Å². The first-order chi connectivity index (χ1) is 8.78. The minimum Gasteiger partial charge on any atom is -0.472 e. The van der Waals surface area contributed by atoms with E-state index in [-0.39, 0.29) is 36.7 Å². The van der Waals surface area contributed by atoms with Crippen molar-refractivity contribution in [1.29, 1.82) is 0 Å². The number of aliphatic hydroxyl groups is 1. The highest BCUT2D eigenvalue weighted by Crippen LogP contribution is 2.15. The molecule has 1 aromatic heterocycles. The Morgan fingerprint density at radius 3 is 2.68 bits per heavy atom. The van der Waals surface area contributed by atoms with Crippen molar-refractivity contribution in [3.05, 3.63) is 18.1 Å². The van der Waals surface area contributed by atoms with Crippen molar-refractivity contribution < 1.29 is 9.84 Å². The fourth-order valence-electron chi connectivity index (χ4n) is 1.85. The Morgan fingerprint density at radius 2 is 2.11 bits per heavy atom.